The summed E-state index contributed by atoms with van der Waals surface area (Å²) < 4.78 is 0. The van der Waals surface area contributed by atoms with Gasteiger partial charge in [-0.3, -0.25) is 9.69 Å². The Bertz CT molecular complexity index is 478. The van der Waals surface area contributed by atoms with E-state index in [0.717, 1.165) is 17.1 Å². The number of nitrogens with one attached hydrogen (secondary N) is 1. The van der Waals surface area contributed by atoms with E-state index in [4.69, 9.17) is 17.3 Å². The molecule has 1 heterocycles. The van der Waals surface area contributed by atoms with E-state index in [-0.39, 0.29) is 24.0 Å². The summed E-state index contributed by atoms with van der Waals surface area (Å²) in [7, 11) is 0. The number of carbonyl (C=O) groups is 1. The summed E-state index contributed by atoms with van der Waals surface area (Å²) in [6.45, 7) is 5.31. The first-order valence-electron chi connectivity index (χ1n) is 7.00. The van der Waals surface area contributed by atoms with E-state index in [1.54, 1.807) is 0 Å². The highest BCUT2D eigenvalue weighted by molar-refractivity contribution is 6.31. The van der Waals surface area contributed by atoms with E-state index in [2.05, 4.69) is 10.2 Å². The molecule has 0 aromatic heterocycles. The number of amides is 1. The molecule has 110 valence electrons. The van der Waals surface area contributed by atoms with Crippen molar-refractivity contribution in [1.82, 2.24) is 10.2 Å². The van der Waals surface area contributed by atoms with Gasteiger partial charge in [-0.15, -0.1) is 0 Å². The normalized spacial score (nSPS) is 23.2. The molecular weight excluding hydrogens is 274 g/mol. The zero-order valence-corrected chi connectivity index (χ0v) is 12.7. The lowest BCUT2D eigenvalue weighted by molar-refractivity contribution is -0.126. The third kappa shape index (κ3) is 3.72. The Morgan fingerprint density at radius 1 is 1.50 bits per heavy atom. The molecule has 2 rings (SSSR count). The molecule has 1 fully saturated rings. The lowest BCUT2D eigenvalue weighted by Gasteiger charge is -2.24. The van der Waals surface area contributed by atoms with Gasteiger partial charge in [-0.05, 0) is 31.9 Å². The van der Waals surface area contributed by atoms with Crippen LogP contribution >= 0.6 is 11.6 Å². The molecular formula is C15H22ClN3O. The molecule has 0 unspecified atom stereocenters. The van der Waals surface area contributed by atoms with Crippen molar-refractivity contribution in [2.45, 2.75) is 44.9 Å². The van der Waals surface area contributed by atoms with Crippen LogP contribution in [-0.4, -0.2) is 35.5 Å². The van der Waals surface area contributed by atoms with Crippen LogP contribution in [0.2, 0.25) is 5.02 Å². The maximum atomic E-state index is 12.2. The topological polar surface area (TPSA) is 58.4 Å². The summed E-state index contributed by atoms with van der Waals surface area (Å²) in [4.78, 5) is 14.4. The number of carbonyl (C=O) groups excluding carboxylic acids is 1. The Kier molecular flexibility index (Phi) is 5.02. The second kappa shape index (κ2) is 6.57. The van der Waals surface area contributed by atoms with Gasteiger partial charge >= 0.3 is 0 Å². The second-order valence-electron chi connectivity index (χ2n) is 5.70. The Labute approximate surface area is 125 Å². The summed E-state index contributed by atoms with van der Waals surface area (Å²) in [6, 6.07) is 7.75. The predicted octanol–water partition coefficient (Wildman–Crippen LogP) is 1.77. The number of nitrogens with zero attached hydrogens (tertiary/aromatic N) is 1. The Balaban J connectivity index is 2.09. The molecule has 1 saturated heterocycles. The Morgan fingerprint density at radius 2 is 2.20 bits per heavy atom. The zero-order chi connectivity index (χ0) is 14.7. The summed E-state index contributed by atoms with van der Waals surface area (Å²) >= 11 is 6.19. The maximum Gasteiger partial charge on any atom is 0.237 e. The van der Waals surface area contributed by atoms with Gasteiger partial charge in [0.2, 0.25) is 5.91 Å². The molecule has 1 aliphatic heterocycles. The van der Waals surface area contributed by atoms with Gasteiger partial charge in [0.1, 0.15) is 0 Å². The average Bonchev–Trinajstić information content (AvgIpc) is 2.72. The van der Waals surface area contributed by atoms with Gasteiger partial charge in [0.05, 0.1) is 6.04 Å². The first-order valence-corrected chi connectivity index (χ1v) is 7.38. The fraction of sp³-hybridized carbons (Fsp3) is 0.533. The molecule has 0 radical (unpaired) electrons. The van der Waals surface area contributed by atoms with Crippen LogP contribution in [0.5, 0.6) is 0 Å². The molecule has 0 aliphatic carbocycles. The average molecular weight is 296 g/mol. The minimum absolute atomic E-state index is 0.0420. The summed E-state index contributed by atoms with van der Waals surface area (Å²) in [6.07, 6.45) is 0.697. The van der Waals surface area contributed by atoms with Gasteiger partial charge in [0, 0.05) is 30.2 Å². The van der Waals surface area contributed by atoms with Crippen LogP contribution in [0.1, 0.15) is 25.8 Å². The van der Waals surface area contributed by atoms with Gasteiger partial charge in [-0.1, -0.05) is 29.8 Å². The molecule has 0 saturated carbocycles. The summed E-state index contributed by atoms with van der Waals surface area (Å²) in [5, 5.41) is 3.70. The minimum atomic E-state index is -0.163. The van der Waals surface area contributed by atoms with Crippen molar-refractivity contribution in [3.8, 4) is 0 Å². The van der Waals surface area contributed by atoms with Crippen LogP contribution in [0, 0.1) is 0 Å². The van der Waals surface area contributed by atoms with Gasteiger partial charge in [-0.25, -0.2) is 0 Å². The molecule has 2 atom stereocenters. The van der Waals surface area contributed by atoms with Crippen molar-refractivity contribution >= 4 is 17.5 Å². The van der Waals surface area contributed by atoms with Crippen LogP contribution in [0.3, 0.4) is 0 Å². The molecule has 0 spiro atoms. The van der Waals surface area contributed by atoms with E-state index >= 15 is 0 Å². The van der Waals surface area contributed by atoms with Crippen LogP contribution < -0.4 is 11.1 Å². The van der Waals surface area contributed by atoms with Crippen LogP contribution in [0.4, 0.5) is 0 Å². The van der Waals surface area contributed by atoms with Crippen molar-refractivity contribution in [3.63, 3.8) is 0 Å². The van der Waals surface area contributed by atoms with Crippen molar-refractivity contribution in [2.24, 2.45) is 5.73 Å². The Hall–Kier alpha value is -1.10. The van der Waals surface area contributed by atoms with Crippen molar-refractivity contribution < 1.29 is 4.79 Å². The third-order valence-corrected chi connectivity index (χ3v) is 3.87. The number of nitrogens with two attached hydrogens (primary N) is 1. The van der Waals surface area contributed by atoms with Crippen LogP contribution in [-0.2, 0) is 11.3 Å². The van der Waals surface area contributed by atoms with Crippen LogP contribution in [0.15, 0.2) is 24.3 Å². The van der Waals surface area contributed by atoms with E-state index < -0.39 is 0 Å². The van der Waals surface area contributed by atoms with E-state index in [1.165, 1.54) is 0 Å². The smallest absolute Gasteiger partial charge is 0.237 e. The molecule has 0 bridgehead atoms. The second-order valence-corrected chi connectivity index (χ2v) is 6.10. The maximum absolute atomic E-state index is 12.2. The van der Waals surface area contributed by atoms with E-state index in [9.17, 15) is 4.79 Å². The monoisotopic (exact) mass is 295 g/mol. The zero-order valence-electron chi connectivity index (χ0n) is 12.0. The largest absolute Gasteiger partial charge is 0.353 e. The molecule has 1 aromatic carbocycles. The van der Waals surface area contributed by atoms with Gasteiger partial charge in [-0.2, -0.15) is 0 Å². The molecule has 4 nitrogen and oxygen atoms in total. The fourth-order valence-electron chi connectivity index (χ4n) is 2.61. The number of rotatable bonds is 4. The van der Waals surface area contributed by atoms with Gasteiger partial charge < -0.3 is 11.1 Å². The van der Waals surface area contributed by atoms with Gasteiger partial charge in [0.15, 0.2) is 0 Å². The molecule has 1 aliphatic rings. The first-order chi connectivity index (χ1) is 9.47. The van der Waals surface area contributed by atoms with Gasteiger partial charge in [0.25, 0.3) is 0 Å². The SMILES string of the molecule is CC(C)NC(=O)[C@@H]1C[C@H](N)CN1Cc1ccccc1Cl. The Morgan fingerprint density at radius 3 is 2.85 bits per heavy atom. The number of benzene rings is 1. The third-order valence-electron chi connectivity index (χ3n) is 3.50. The molecule has 3 N–H and O–H groups in total. The lowest BCUT2D eigenvalue weighted by Crippen LogP contribution is -2.45. The number of hydrogen-bond acceptors (Lipinski definition) is 3. The number of hydrogen-bond donors (Lipinski definition) is 2. The molecule has 1 aromatic rings. The molecule has 20 heavy (non-hydrogen) atoms. The number of likely N-dealkylation sites (tertiary alicyclic amines) is 1. The van der Waals surface area contributed by atoms with Crippen molar-refractivity contribution in [1.29, 1.82) is 0 Å². The highest BCUT2D eigenvalue weighted by atomic mass is 35.5. The lowest BCUT2D eigenvalue weighted by atomic mass is 10.1. The van der Waals surface area contributed by atoms with Crippen molar-refractivity contribution in [3.05, 3.63) is 34.9 Å². The minimum Gasteiger partial charge on any atom is -0.353 e. The van der Waals surface area contributed by atoms with E-state index in [0.29, 0.717) is 13.0 Å². The predicted molar refractivity (Wildman–Crippen MR) is 81.5 cm³/mol. The van der Waals surface area contributed by atoms with Crippen molar-refractivity contribution in [2.75, 3.05) is 6.54 Å². The summed E-state index contributed by atoms with van der Waals surface area (Å²) in [5.41, 5.74) is 7.05. The first kappa shape index (κ1) is 15.3. The quantitative estimate of drug-likeness (QED) is 0.890. The fourth-order valence-corrected chi connectivity index (χ4v) is 2.81. The number of halogens is 1. The highest BCUT2D eigenvalue weighted by Crippen LogP contribution is 2.23. The van der Waals surface area contributed by atoms with Crippen LogP contribution in [0.25, 0.3) is 0 Å². The molecule has 1 amide bonds. The van der Waals surface area contributed by atoms with E-state index in [1.807, 2.05) is 38.1 Å². The molecule has 5 heteroatoms. The highest BCUT2D eigenvalue weighted by Gasteiger charge is 2.35. The standard InChI is InChI=1S/C15H22ClN3O/c1-10(2)18-15(20)14-7-12(17)9-19(14)8-11-5-3-4-6-13(11)16/h3-6,10,12,14H,7-9,17H2,1-2H3,(H,18,20)/t12-,14-/m0/s1. The summed E-state index contributed by atoms with van der Waals surface area (Å²) in [5.74, 6) is 0.0556.